The topological polar surface area (TPSA) is 35.0 Å². The van der Waals surface area contributed by atoms with Gasteiger partial charge in [-0.25, -0.2) is 9.97 Å². The van der Waals surface area contributed by atoms with E-state index in [1.165, 1.54) is 57.7 Å². The van der Waals surface area contributed by atoms with Crippen LogP contribution < -0.4 is 4.74 Å². The summed E-state index contributed by atoms with van der Waals surface area (Å²) in [6.07, 6.45) is 15.9. The number of ether oxygens (including phenoxy) is 1. The van der Waals surface area contributed by atoms with Crippen LogP contribution in [0.4, 0.5) is 0 Å². The Labute approximate surface area is 116 Å². The molecular formula is C16H26N2O. The van der Waals surface area contributed by atoms with Crippen molar-refractivity contribution in [3.8, 4) is 5.88 Å². The fourth-order valence-electron chi connectivity index (χ4n) is 2.41. The molecule has 0 spiro atoms. The molecule has 3 heteroatoms. The average molecular weight is 262 g/mol. The minimum absolute atomic E-state index is 0.251. The highest BCUT2D eigenvalue weighted by Gasteiger charge is 2.19. The molecular weight excluding hydrogens is 236 g/mol. The average Bonchev–Trinajstić information content (AvgIpc) is 3.23. The van der Waals surface area contributed by atoms with E-state index in [2.05, 4.69) is 16.9 Å². The van der Waals surface area contributed by atoms with Crippen molar-refractivity contribution in [2.75, 3.05) is 0 Å². The maximum Gasteiger partial charge on any atom is 0.216 e. The molecule has 0 N–H and O–H groups in total. The van der Waals surface area contributed by atoms with Crippen LogP contribution in [0.3, 0.4) is 0 Å². The fraction of sp³-hybridized carbons (Fsp3) is 0.750. The molecule has 0 aromatic carbocycles. The maximum absolute atomic E-state index is 5.73. The van der Waals surface area contributed by atoms with Crippen molar-refractivity contribution >= 4 is 0 Å². The molecule has 1 aliphatic rings. The molecule has 0 saturated heterocycles. The van der Waals surface area contributed by atoms with Crippen LogP contribution in [0.25, 0.3) is 0 Å². The molecule has 1 atom stereocenters. The van der Waals surface area contributed by atoms with Crippen LogP contribution in [0.5, 0.6) is 5.88 Å². The van der Waals surface area contributed by atoms with Gasteiger partial charge in [0.05, 0.1) is 6.10 Å². The van der Waals surface area contributed by atoms with Crippen molar-refractivity contribution in [2.24, 2.45) is 5.92 Å². The van der Waals surface area contributed by atoms with Crippen LogP contribution in [0.1, 0.15) is 64.7 Å². The highest BCUT2D eigenvalue weighted by molar-refractivity contribution is 5.04. The van der Waals surface area contributed by atoms with Crippen molar-refractivity contribution in [3.05, 3.63) is 18.6 Å². The van der Waals surface area contributed by atoms with E-state index in [9.17, 15) is 0 Å². The highest BCUT2D eigenvalue weighted by atomic mass is 16.5. The first-order valence-electron chi connectivity index (χ1n) is 7.77. The zero-order chi connectivity index (χ0) is 13.3. The summed E-state index contributed by atoms with van der Waals surface area (Å²) in [5.74, 6) is 1.79. The Hall–Kier alpha value is -1.12. The van der Waals surface area contributed by atoms with Crippen molar-refractivity contribution in [1.29, 1.82) is 0 Å². The summed E-state index contributed by atoms with van der Waals surface area (Å²) < 4.78 is 5.73. The third-order valence-electron chi connectivity index (χ3n) is 3.80. The van der Waals surface area contributed by atoms with E-state index in [-0.39, 0.29) is 6.10 Å². The van der Waals surface area contributed by atoms with Crippen LogP contribution >= 0.6 is 0 Å². The molecule has 2 rings (SSSR count). The van der Waals surface area contributed by atoms with Gasteiger partial charge in [0.2, 0.25) is 5.88 Å². The van der Waals surface area contributed by atoms with Crippen LogP contribution in [0.2, 0.25) is 0 Å². The minimum atomic E-state index is 0.251. The Balaban J connectivity index is 1.43. The normalized spacial score (nSPS) is 16.3. The summed E-state index contributed by atoms with van der Waals surface area (Å²) in [7, 11) is 0. The van der Waals surface area contributed by atoms with Crippen molar-refractivity contribution < 1.29 is 4.74 Å². The van der Waals surface area contributed by atoms with Gasteiger partial charge in [0.15, 0.2) is 0 Å². The van der Waals surface area contributed by atoms with Gasteiger partial charge in [-0.15, -0.1) is 0 Å². The van der Waals surface area contributed by atoms with E-state index in [0.29, 0.717) is 5.88 Å². The maximum atomic E-state index is 5.73. The molecule has 1 aromatic heterocycles. The van der Waals surface area contributed by atoms with E-state index in [1.54, 1.807) is 6.20 Å². The number of unbranched alkanes of at least 4 members (excludes halogenated alkanes) is 4. The molecule has 1 saturated carbocycles. The van der Waals surface area contributed by atoms with Gasteiger partial charge < -0.3 is 4.74 Å². The zero-order valence-electron chi connectivity index (χ0n) is 12.1. The Morgan fingerprint density at radius 2 is 2.00 bits per heavy atom. The predicted octanol–water partition coefficient (Wildman–Crippen LogP) is 4.38. The lowest BCUT2D eigenvalue weighted by molar-refractivity contribution is 0.197. The van der Waals surface area contributed by atoms with Gasteiger partial charge in [-0.1, -0.05) is 44.9 Å². The Morgan fingerprint density at radius 1 is 1.21 bits per heavy atom. The summed E-state index contributed by atoms with van der Waals surface area (Å²) in [4.78, 5) is 7.96. The lowest BCUT2D eigenvalue weighted by atomic mass is 10.1. The number of hydrogen-bond acceptors (Lipinski definition) is 3. The number of rotatable bonds is 10. The second kappa shape index (κ2) is 8.13. The molecule has 1 aliphatic carbocycles. The molecule has 0 radical (unpaired) electrons. The number of aromatic nitrogens is 2. The molecule has 0 amide bonds. The van der Waals surface area contributed by atoms with Gasteiger partial charge >= 0.3 is 0 Å². The molecule has 106 valence electrons. The lowest BCUT2D eigenvalue weighted by Gasteiger charge is -2.13. The smallest absolute Gasteiger partial charge is 0.216 e. The van der Waals surface area contributed by atoms with Gasteiger partial charge in [0, 0.05) is 12.3 Å². The second-order valence-electron chi connectivity index (χ2n) is 5.76. The Bertz CT molecular complexity index is 338. The molecule has 19 heavy (non-hydrogen) atoms. The van der Waals surface area contributed by atoms with Crippen molar-refractivity contribution in [3.63, 3.8) is 0 Å². The lowest BCUT2D eigenvalue weighted by Crippen LogP contribution is -2.12. The largest absolute Gasteiger partial charge is 0.475 e. The third kappa shape index (κ3) is 6.55. The zero-order valence-corrected chi connectivity index (χ0v) is 12.1. The van der Waals surface area contributed by atoms with E-state index < -0.39 is 0 Å². The molecule has 3 nitrogen and oxygen atoms in total. The van der Waals surface area contributed by atoms with Crippen molar-refractivity contribution in [2.45, 2.75) is 70.8 Å². The first kappa shape index (κ1) is 14.3. The molecule has 1 unspecified atom stereocenters. The fourth-order valence-corrected chi connectivity index (χ4v) is 2.41. The number of nitrogens with zero attached hydrogens (tertiary/aromatic N) is 2. The summed E-state index contributed by atoms with van der Waals surface area (Å²) in [5.41, 5.74) is 0. The molecule has 0 bridgehead atoms. The van der Waals surface area contributed by atoms with Gasteiger partial charge in [-0.3, -0.25) is 0 Å². The number of hydrogen-bond donors (Lipinski definition) is 0. The quantitative estimate of drug-likeness (QED) is 0.587. The molecule has 1 heterocycles. The summed E-state index contributed by atoms with van der Waals surface area (Å²) in [6.45, 7) is 2.12. The van der Waals surface area contributed by atoms with Crippen LogP contribution in [-0.2, 0) is 0 Å². The summed E-state index contributed by atoms with van der Waals surface area (Å²) in [6, 6.07) is 1.81. The molecule has 0 aliphatic heterocycles. The standard InChI is InChI=1S/C16H26N2O/c1-14(19-16-11-12-17-13-18-16)7-5-3-2-4-6-8-15-9-10-15/h11-15H,2-10H2,1H3. The van der Waals surface area contributed by atoms with Gasteiger partial charge in [-0.05, 0) is 25.7 Å². The van der Waals surface area contributed by atoms with Crippen LogP contribution in [0.15, 0.2) is 18.6 Å². The van der Waals surface area contributed by atoms with E-state index >= 15 is 0 Å². The van der Waals surface area contributed by atoms with E-state index in [0.717, 1.165) is 12.3 Å². The van der Waals surface area contributed by atoms with Gasteiger partial charge in [0.25, 0.3) is 0 Å². The van der Waals surface area contributed by atoms with Crippen LogP contribution in [-0.4, -0.2) is 16.1 Å². The summed E-state index contributed by atoms with van der Waals surface area (Å²) in [5, 5.41) is 0. The first-order chi connectivity index (χ1) is 9.34. The summed E-state index contributed by atoms with van der Waals surface area (Å²) >= 11 is 0. The Morgan fingerprint density at radius 3 is 2.74 bits per heavy atom. The van der Waals surface area contributed by atoms with Crippen molar-refractivity contribution in [1.82, 2.24) is 9.97 Å². The van der Waals surface area contributed by atoms with Gasteiger partial charge in [-0.2, -0.15) is 0 Å². The minimum Gasteiger partial charge on any atom is -0.475 e. The van der Waals surface area contributed by atoms with Crippen LogP contribution in [0, 0.1) is 5.92 Å². The molecule has 1 fully saturated rings. The molecule has 1 aromatic rings. The van der Waals surface area contributed by atoms with E-state index in [1.807, 2.05) is 6.07 Å². The monoisotopic (exact) mass is 262 g/mol. The van der Waals surface area contributed by atoms with E-state index in [4.69, 9.17) is 4.74 Å². The highest BCUT2D eigenvalue weighted by Crippen LogP contribution is 2.34. The SMILES string of the molecule is CC(CCCCCCCC1CC1)Oc1ccncn1. The third-order valence-corrected chi connectivity index (χ3v) is 3.80. The first-order valence-corrected chi connectivity index (χ1v) is 7.77. The van der Waals surface area contributed by atoms with Gasteiger partial charge in [0.1, 0.15) is 6.33 Å². The second-order valence-corrected chi connectivity index (χ2v) is 5.76. The Kier molecular flexibility index (Phi) is 6.12. The predicted molar refractivity (Wildman–Crippen MR) is 77.2 cm³/mol.